The quantitative estimate of drug-likeness (QED) is 0.486. The van der Waals surface area contributed by atoms with Gasteiger partial charge in [0.05, 0.1) is 0 Å². The maximum Gasteiger partial charge on any atom is 0.296 e. The van der Waals surface area contributed by atoms with Crippen LogP contribution in [0.3, 0.4) is 0 Å². The SMILES string of the molecule is Cc1ccnc(S(=O)(=O)Cl)n1. The van der Waals surface area contributed by atoms with E-state index in [0.717, 1.165) is 0 Å². The van der Waals surface area contributed by atoms with E-state index in [1.807, 2.05) is 0 Å². The molecule has 0 spiro atoms. The Labute approximate surface area is 68.7 Å². The summed E-state index contributed by atoms with van der Waals surface area (Å²) in [5, 5.41) is -0.348. The first-order chi connectivity index (χ1) is 5.00. The van der Waals surface area contributed by atoms with E-state index in [-0.39, 0.29) is 5.16 Å². The predicted octanol–water partition coefficient (Wildman–Crippen LogP) is 0.713. The van der Waals surface area contributed by atoms with Gasteiger partial charge >= 0.3 is 0 Å². The average molecular weight is 193 g/mol. The van der Waals surface area contributed by atoms with E-state index in [0.29, 0.717) is 5.69 Å². The third-order valence-corrected chi connectivity index (χ3v) is 2.04. The first kappa shape index (κ1) is 8.42. The van der Waals surface area contributed by atoms with Crippen LogP contribution in [0.2, 0.25) is 0 Å². The Hall–Kier alpha value is -0.680. The molecule has 0 atom stereocenters. The Morgan fingerprint density at radius 2 is 2.18 bits per heavy atom. The van der Waals surface area contributed by atoms with Crippen LogP contribution in [-0.4, -0.2) is 18.4 Å². The van der Waals surface area contributed by atoms with Gasteiger partial charge in [0.2, 0.25) is 0 Å². The van der Waals surface area contributed by atoms with Gasteiger partial charge in [-0.3, -0.25) is 0 Å². The number of halogens is 1. The molecule has 60 valence electrons. The molecule has 0 saturated heterocycles. The van der Waals surface area contributed by atoms with E-state index in [1.165, 1.54) is 6.20 Å². The number of hydrogen-bond donors (Lipinski definition) is 0. The zero-order chi connectivity index (χ0) is 8.48. The Balaban J connectivity index is 3.28. The van der Waals surface area contributed by atoms with Crippen molar-refractivity contribution in [3.8, 4) is 0 Å². The molecule has 0 aromatic carbocycles. The van der Waals surface area contributed by atoms with Gasteiger partial charge in [-0.25, -0.2) is 18.4 Å². The third kappa shape index (κ3) is 2.13. The maximum absolute atomic E-state index is 10.6. The molecule has 1 rings (SSSR count). The van der Waals surface area contributed by atoms with Gasteiger partial charge in [0.15, 0.2) is 0 Å². The van der Waals surface area contributed by atoms with Crippen LogP contribution in [0, 0.1) is 6.92 Å². The van der Waals surface area contributed by atoms with Gasteiger partial charge < -0.3 is 0 Å². The molecule has 0 aliphatic heterocycles. The minimum atomic E-state index is -3.78. The monoisotopic (exact) mass is 192 g/mol. The van der Waals surface area contributed by atoms with Crippen LogP contribution >= 0.6 is 10.7 Å². The summed E-state index contributed by atoms with van der Waals surface area (Å²) < 4.78 is 21.3. The van der Waals surface area contributed by atoms with Crippen molar-refractivity contribution in [2.45, 2.75) is 12.1 Å². The first-order valence-electron chi connectivity index (χ1n) is 2.74. The molecule has 0 N–H and O–H groups in total. The summed E-state index contributed by atoms with van der Waals surface area (Å²) in [6.07, 6.45) is 1.34. The normalized spacial score (nSPS) is 11.5. The van der Waals surface area contributed by atoms with E-state index in [1.54, 1.807) is 13.0 Å². The Bertz CT molecular complexity index is 363. The van der Waals surface area contributed by atoms with E-state index < -0.39 is 9.05 Å². The predicted molar refractivity (Wildman–Crippen MR) is 39.8 cm³/mol. The molecule has 0 bridgehead atoms. The van der Waals surface area contributed by atoms with Crippen LogP contribution in [0.1, 0.15) is 5.69 Å². The van der Waals surface area contributed by atoms with Crippen molar-refractivity contribution in [3.63, 3.8) is 0 Å². The highest BCUT2D eigenvalue weighted by molar-refractivity contribution is 8.13. The number of rotatable bonds is 1. The standard InChI is InChI=1S/C5H5ClN2O2S/c1-4-2-3-7-5(8-4)11(6,9)10/h2-3H,1H3. The summed E-state index contributed by atoms with van der Waals surface area (Å²) in [5.41, 5.74) is 0.569. The molecule has 6 heteroatoms. The molecular weight excluding hydrogens is 188 g/mol. The number of nitrogens with zero attached hydrogens (tertiary/aromatic N) is 2. The molecule has 0 saturated carbocycles. The summed E-state index contributed by atoms with van der Waals surface area (Å²) >= 11 is 0. The fourth-order valence-corrected chi connectivity index (χ4v) is 1.21. The molecule has 1 aromatic heterocycles. The summed E-state index contributed by atoms with van der Waals surface area (Å²) in [6, 6.07) is 1.59. The molecule has 0 amide bonds. The van der Waals surface area contributed by atoms with Crippen molar-refractivity contribution in [2.75, 3.05) is 0 Å². The Kier molecular flexibility index (Phi) is 2.10. The number of aryl methyl sites for hydroxylation is 1. The number of hydrogen-bond acceptors (Lipinski definition) is 4. The molecule has 1 heterocycles. The van der Waals surface area contributed by atoms with Crippen LogP contribution in [0.5, 0.6) is 0 Å². The van der Waals surface area contributed by atoms with E-state index >= 15 is 0 Å². The van der Waals surface area contributed by atoms with Crippen molar-refractivity contribution in [3.05, 3.63) is 18.0 Å². The van der Waals surface area contributed by atoms with Crippen molar-refractivity contribution < 1.29 is 8.42 Å². The minimum Gasteiger partial charge on any atom is -0.226 e. The molecule has 0 unspecified atom stereocenters. The van der Waals surface area contributed by atoms with E-state index in [9.17, 15) is 8.42 Å². The van der Waals surface area contributed by atoms with Gasteiger partial charge in [-0.05, 0) is 13.0 Å². The molecule has 4 nitrogen and oxygen atoms in total. The van der Waals surface area contributed by atoms with Crippen LogP contribution in [0.4, 0.5) is 0 Å². The molecule has 0 radical (unpaired) electrons. The molecular formula is C5H5ClN2O2S. The Morgan fingerprint density at radius 1 is 1.55 bits per heavy atom. The summed E-state index contributed by atoms with van der Waals surface area (Å²) in [6.45, 7) is 1.66. The van der Waals surface area contributed by atoms with Gasteiger partial charge in [0.25, 0.3) is 14.2 Å². The van der Waals surface area contributed by atoms with Crippen molar-refractivity contribution in [1.82, 2.24) is 9.97 Å². The Morgan fingerprint density at radius 3 is 2.55 bits per heavy atom. The average Bonchev–Trinajstić information content (AvgIpc) is 1.86. The molecule has 0 fully saturated rings. The zero-order valence-corrected chi connectivity index (χ0v) is 7.22. The fraction of sp³-hybridized carbons (Fsp3) is 0.200. The highest BCUT2D eigenvalue weighted by Gasteiger charge is 2.12. The second-order valence-electron chi connectivity index (χ2n) is 1.92. The van der Waals surface area contributed by atoms with Crippen LogP contribution in [-0.2, 0) is 9.05 Å². The minimum absolute atomic E-state index is 0.348. The molecule has 1 aromatic rings. The van der Waals surface area contributed by atoms with Gasteiger partial charge in [-0.2, -0.15) is 0 Å². The lowest BCUT2D eigenvalue weighted by Gasteiger charge is -1.93. The van der Waals surface area contributed by atoms with Gasteiger partial charge in [-0.15, -0.1) is 0 Å². The van der Waals surface area contributed by atoms with Crippen LogP contribution in [0.15, 0.2) is 17.4 Å². The second kappa shape index (κ2) is 2.75. The van der Waals surface area contributed by atoms with Crippen molar-refractivity contribution in [1.29, 1.82) is 0 Å². The van der Waals surface area contributed by atoms with Gasteiger partial charge in [-0.1, -0.05) is 0 Å². The second-order valence-corrected chi connectivity index (χ2v) is 4.38. The van der Waals surface area contributed by atoms with Gasteiger partial charge in [0.1, 0.15) is 0 Å². The van der Waals surface area contributed by atoms with Gasteiger partial charge in [0, 0.05) is 22.6 Å². The third-order valence-electron chi connectivity index (χ3n) is 0.991. The smallest absolute Gasteiger partial charge is 0.226 e. The first-order valence-corrected chi connectivity index (χ1v) is 5.05. The summed E-state index contributed by atoms with van der Waals surface area (Å²) in [7, 11) is 1.20. The van der Waals surface area contributed by atoms with E-state index in [2.05, 4.69) is 9.97 Å². The fourth-order valence-electron chi connectivity index (χ4n) is 0.543. The highest BCUT2D eigenvalue weighted by Crippen LogP contribution is 2.07. The molecule has 11 heavy (non-hydrogen) atoms. The lowest BCUT2D eigenvalue weighted by Crippen LogP contribution is -1.99. The molecule has 0 aliphatic carbocycles. The maximum atomic E-state index is 10.6. The molecule has 0 aliphatic rings. The lowest BCUT2D eigenvalue weighted by atomic mass is 10.5. The summed E-state index contributed by atoms with van der Waals surface area (Å²) in [5.74, 6) is 0. The van der Waals surface area contributed by atoms with Crippen LogP contribution < -0.4 is 0 Å². The lowest BCUT2D eigenvalue weighted by molar-refractivity contribution is 0.600. The van der Waals surface area contributed by atoms with Crippen molar-refractivity contribution in [2.24, 2.45) is 0 Å². The topological polar surface area (TPSA) is 59.9 Å². The largest absolute Gasteiger partial charge is 0.296 e. The summed E-state index contributed by atoms with van der Waals surface area (Å²) in [4.78, 5) is 7.09. The van der Waals surface area contributed by atoms with Crippen molar-refractivity contribution >= 4 is 19.7 Å². The zero-order valence-electron chi connectivity index (χ0n) is 5.65. The van der Waals surface area contributed by atoms with E-state index in [4.69, 9.17) is 10.7 Å². The number of aromatic nitrogens is 2. The van der Waals surface area contributed by atoms with Crippen LogP contribution in [0.25, 0.3) is 0 Å². The highest BCUT2D eigenvalue weighted by atomic mass is 35.7.